The first-order valence-corrected chi connectivity index (χ1v) is 10.4. The lowest BCUT2D eigenvalue weighted by Crippen LogP contribution is -2.41. The van der Waals surface area contributed by atoms with E-state index in [2.05, 4.69) is 4.98 Å². The number of rotatable bonds is 7. The van der Waals surface area contributed by atoms with Crippen molar-refractivity contribution in [2.75, 3.05) is 19.3 Å². The number of amides is 1. The molecule has 0 aliphatic carbocycles. The fourth-order valence-corrected chi connectivity index (χ4v) is 3.64. The van der Waals surface area contributed by atoms with Crippen LogP contribution in [0.3, 0.4) is 0 Å². The fraction of sp³-hybridized carbons (Fsp3) is 0.333. The van der Waals surface area contributed by atoms with Gasteiger partial charge >= 0.3 is 12.4 Å². The van der Waals surface area contributed by atoms with E-state index in [9.17, 15) is 39.6 Å². The second-order valence-corrected chi connectivity index (χ2v) is 8.88. The second-order valence-electron chi connectivity index (χ2n) is 6.83. The summed E-state index contributed by atoms with van der Waals surface area (Å²) < 4.78 is 101. The van der Waals surface area contributed by atoms with Crippen LogP contribution < -0.4 is 11.1 Å². The van der Waals surface area contributed by atoms with E-state index < -0.39 is 62.8 Å². The number of aromatic nitrogens is 1. The summed E-state index contributed by atoms with van der Waals surface area (Å²) in [4.78, 5) is 15.1. The first-order valence-electron chi connectivity index (χ1n) is 8.94. The maximum Gasteiger partial charge on any atom is 0.416 e. The molecule has 2 aromatic rings. The van der Waals surface area contributed by atoms with E-state index in [1.165, 1.54) is 0 Å². The smallest absolute Gasteiger partial charge is 0.397 e. The highest BCUT2D eigenvalue weighted by Crippen LogP contribution is 2.29. The number of alkyl halides is 6. The summed E-state index contributed by atoms with van der Waals surface area (Å²) in [5.74, 6) is -1.17. The Labute approximate surface area is 184 Å². The maximum absolute atomic E-state index is 12.7. The molecule has 1 amide bonds. The molecule has 0 radical (unpaired) electrons. The molecular formula is C18H18F6N4O4S. The number of nitrogens with two attached hydrogens (primary N) is 1. The maximum atomic E-state index is 12.7. The van der Waals surface area contributed by atoms with Gasteiger partial charge in [0.05, 0.1) is 17.8 Å². The predicted octanol–water partition coefficient (Wildman–Crippen LogP) is 2.16. The highest BCUT2D eigenvalue weighted by Gasteiger charge is 2.38. The number of nitrogen functional groups attached to an aromatic ring is 1. The normalized spacial score (nSPS) is 13.7. The van der Waals surface area contributed by atoms with Crippen molar-refractivity contribution in [3.63, 3.8) is 0 Å². The van der Waals surface area contributed by atoms with Crippen molar-refractivity contribution in [2.24, 2.45) is 0 Å². The molecule has 2 rings (SSSR count). The van der Waals surface area contributed by atoms with Gasteiger partial charge in [-0.15, -0.1) is 0 Å². The van der Waals surface area contributed by atoms with Gasteiger partial charge in [-0.2, -0.15) is 30.6 Å². The molecule has 0 spiro atoms. The molecule has 1 aromatic heterocycles. The van der Waals surface area contributed by atoms with Crippen LogP contribution >= 0.6 is 0 Å². The molecule has 4 N–H and O–H groups in total. The van der Waals surface area contributed by atoms with Crippen LogP contribution in [0.4, 0.5) is 32.0 Å². The lowest BCUT2D eigenvalue weighted by Gasteiger charge is -2.18. The Hall–Kier alpha value is -2.91. The number of anilines is 1. The molecule has 182 valence electrons. The molecule has 1 atom stereocenters. The van der Waals surface area contributed by atoms with Gasteiger partial charge in [-0.1, -0.05) is 12.1 Å². The van der Waals surface area contributed by atoms with Gasteiger partial charge < -0.3 is 16.2 Å². The van der Waals surface area contributed by atoms with E-state index in [1.54, 1.807) is 5.32 Å². The summed E-state index contributed by atoms with van der Waals surface area (Å²) >= 11 is 0. The van der Waals surface area contributed by atoms with Gasteiger partial charge in [0.1, 0.15) is 4.90 Å². The first kappa shape index (κ1) is 26.3. The molecule has 1 aromatic carbocycles. The van der Waals surface area contributed by atoms with Crippen molar-refractivity contribution in [3.05, 3.63) is 53.3 Å². The molecule has 0 bridgehead atoms. The zero-order valence-electron chi connectivity index (χ0n) is 16.8. The Balaban J connectivity index is 2.14. The van der Waals surface area contributed by atoms with Crippen LogP contribution in [0, 0.1) is 0 Å². The fourth-order valence-electron chi connectivity index (χ4n) is 2.50. The Morgan fingerprint density at radius 3 is 2.24 bits per heavy atom. The third-order valence-corrected chi connectivity index (χ3v) is 6.10. The van der Waals surface area contributed by atoms with Crippen molar-refractivity contribution in [1.82, 2.24) is 14.6 Å². The van der Waals surface area contributed by atoms with Gasteiger partial charge in [-0.3, -0.25) is 4.79 Å². The first-order chi connectivity index (χ1) is 15.0. The Morgan fingerprint density at radius 1 is 1.18 bits per heavy atom. The van der Waals surface area contributed by atoms with E-state index in [0.717, 1.165) is 47.9 Å². The molecule has 0 aliphatic rings. The number of benzene rings is 1. The third-order valence-electron chi connectivity index (χ3n) is 4.34. The number of nitrogens with zero attached hydrogens (tertiary/aromatic N) is 2. The number of hydrogen-bond donors (Lipinski definition) is 3. The van der Waals surface area contributed by atoms with E-state index in [-0.39, 0.29) is 12.1 Å². The third kappa shape index (κ3) is 6.55. The molecule has 0 fully saturated rings. The number of aliphatic hydroxyl groups excluding tert-OH is 1. The zero-order chi connectivity index (χ0) is 25.2. The molecule has 1 heterocycles. The van der Waals surface area contributed by atoms with Gasteiger partial charge in [0.25, 0.3) is 5.91 Å². The van der Waals surface area contributed by atoms with E-state index in [0.29, 0.717) is 0 Å². The Kier molecular flexibility index (Phi) is 7.60. The lowest BCUT2D eigenvalue weighted by molar-refractivity contribution is -0.201. The number of nitrogens with one attached hydrogen (secondary N) is 1. The summed E-state index contributed by atoms with van der Waals surface area (Å²) in [6, 6.07) is 4.70. The quantitative estimate of drug-likeness (QED) is 0.501. The van der Waals surface area contributed by atoms with Gasteiger partial charge in [0.2, 0.25) is 10.0 Å². The topological polar surface area (TPSA) is 126 Å². The summed E-state index contributed by atoms with van der Waals surface area (Å²) in [6.07, 6.45) is -11.6. The Morgan fingerprint density at radius 2 is 1.76 bits per heavy atom. The summed E-state index contributed by atoms with van der Waals surface area (Å²) in [5, 5.41) is 10.7. The highest BCUT2D eigenvalue weighted by atomic mass is 32.2. The van der Waals surface area contributed by atoms with Crippen LogP contribution in [-0.2, 0) is 22.7 Å². The van der Waals surface area contributed by atoms with Crippen molar-refractivity contribution >= 4 is 21.6 Å². The van der Waals surface area contributed by atoms with Gasteiger partial charge in [0, 0.05) is 19.8 Å². The van der Waals surface area contributed by atoms with E-state index >= 15 is 0 Å². The number of carbonyl (C=O) groups is 1. The van der Waals surface area contributed by atoms with Crippen LogP contribution in [0.25, 0.3) is 0 Å². The molecule has 0 aliphatic heterocycles. The SMILES string of the molecule is CN(Cc1ccc(C(F)(F)F)cc1)S(=O)(=O)c1cnc(C(=O)NCC(O)C(F)(F)F)c(N)c1. The number of pyridine rings is 1. The molecule has 33 heavy (non-hydrogen) atoms. The minimum atomic E-state index is -4.96. The standard InChI is InChI=1S/C18H18F6N4O4S/c1-28(9-10-2-4-11(5-3-10)17(19,20)21)33(31,32)12-6-13(25)15(26-7-12)16(30)27-8-14(29)18(22,23)24/h2-7,14,29H,8-9,25H2,1H3,(H,27,30). The average Bonchev–Trinajstić information content (AvgIpc) is 2.70. The van der Waals surface area contributed by atoms with Crippen molar-refractivity contribution in [1.29, 1.82) is 0 Å². The minimum Gasteiger partial charge on any atom is -0.397 e. The number of halogens is 6. The molecular weight excluding hydrogens is 482 g/mol. The van der Waals surface area contributed by atoms with Crippen LogP contribution in [0.2, 0.25) is 0 Å². The van der Waals surface area contributed by atoms with Gasteiger partial charge in [-0.25, -0.2) is 13.4 Å². The minimum absolute atomic E-state index is 0.259. The molecule has 8 nitrogen and oxygen atoms in total. The monoisotopic (exact) mass is 500 g/mol. The zero-order valence-corrected chi connectivity index (χ0v) is 17.6. The van der Waals surface area contributed by atoms with Crippen molar-refractivity contribution in [3.8, 4) is 0 Å². The van der Waals surface area contributed by atoms with Crippen LogP contribution in [0.15, 0.2) is 41.4 Å². The molecule has 0 saturated heterocycles. The molecule has 0 saturated carbocycles. The number of aliphatic hydroxyl groups is 1. The molecule has 1 unspecified atom stereocenters. The predicted molar refractivity (Wildman–Crippen MR) is 103 cm³/mol. The van der Waals surface area contributed by atoms with Gasteiger partial charge in [-0.05, 0) is 23.8 Å². The number of carbonyl (C=O) groups excluding carboxylic acids is 1. The number of sulfonamides is 1. The van der Waals surface area contributed by atoms with Crippen LogP contribution in [0.5, 0.6) is 0 Å². The van der Waals surface area contributed by atoms with Crippen LogP contribution in [-0.4, -0.2) is 54.6 Å². The van der Waals surface area contributed by atoms with E-state index in [4.69, 9.17) is 10.8 Å². The van der Waals surface area contributed by atoms with Gasteiger partial charge in [0.15, 0.2) is 11.8 Å². The Bertz CT molecular complexity index is 1100. The summed E-state index contributed by atoms with van der Waals surface area (Å²) in [5.41, 5.74) is 3.96. The summed E-state index contributed by atoms with van der Waals surface area (Å²) in [7, 11) is -3.08. The van der Waals surface area contributed by atoms with Crippen molar-refractivity contribution in [2.45, 2.75) is 29.9 Å². The average molecular weight is 500 g/mol. The highest BCUT2D eigenvalue weighted by molar-refractivity contribution is 7.89. The summed E-state index contributed by atoms with van der Waals surface area (Å²) in [6.45, 7) is -1.46. The largest absolute Gasteiger partial charge is 0.416 e. The second kappa shape index (κ2) is 9.52. The van der Waals surface area contributed by atoms with Crippen molar-refractivity contribution < 1.29 is 44.7 Å². The van der Waals surface area contributed by atoms with E-state index in [1.807, 2.05) is 0 Å². The lowest BCUT2D eigenvalue weighted by atomic mass is 10.1. The number of hydrogen-bond acceptors (Lipinski definition) is 6. The van der Waals surface area contributed by atoms with Crippen LogP contribution in [0.1, 0.15) is 21.6 Å². The molecule has 15 heteroatoms.